The van der Waals surface area contributed by atoms with Crippen molar-refractivity contribution in [1.82, 2.24) is 19.9 Å². The van der Waals surface area contributed by atoms with Crippen LogP contribution in [0.1, 0.15) is 25.6 Å². The summed E-state index contributed by atoms with van der Waals surface area (Å²) in [6.07, 6.45) is 2.79. The van der Waals surface area contributed by atoms with Crippen LogP contribution in [0.5, 0.6) is 0 Å². The van der Waals surface area contributed by atoms with E-state index in [0.29, 0.717) is 23.0 Å². The van der Waals surface area contributed by atoms with E-state index in [0.717, 1.165) is 5.69 Å². The Labute approximate surface area is 168 Å². The van der Waals surface area contributed by atoms with Crippen molar-refractivity contribution in [3.8, 4) is 17.1 Å². The summed E-state index contributed by atoms with van der Waals surface area (Å²) in [5.41, 5.74) is 1.91. The predicted molar refractivity (Wildman–Crippen MR) is 108 cm³/mol. The molecule has 0 aliphatic rings. The molecule has 0 amide bonds. The lowest BCUT2D eigenvalue weighted by molar-refractivity contribution is 0.419. The Morgan fingerprint density at radius 3 is 2.41 bits per heavy atom. The molecule has 0 unspecified atom stereocenters. The smallest absolute Gasteiger partial charge is 0.265 e. The number of benzene rings is 2. The van der Waals surface area contributed by atoms with Crippen molar-refractivity contribution >= 4 is 15.7 Å². The van der Waals surface area contributed by atoms with Crippen LogP contribution < -0.4 is 4.72 Å². The number of sulfonamides is 1. The van der Waals surface area contributed by atoms with Crippen LogP contribution in [-0.4, -0.2) is 28.3 Å². The lowest BCUT2D eigenvalue weighted by atomic mass is 10.2. The van der Waals surface area contributed by atoms with Crippen molar-refractivity contribution in [3.05, 3.63) is 72.8 Å². The maximum atomic E-state index is 12.7. The zero-order valence-electron chi connectivity index (χ0n) is 15.9. The molecule has 0 aliphatic heterocycles. The minimum absolute atomic E-state index is 0.0731. The number of hydrogen-bond donors (Lipinski definition) is 1. The van der Waals surface area contributed by atoms with Crippen LogP contribution in [0.4, 0.5) is 5.69 Å². The fourth-order valence-electron chi connectivity index (χ4n) is 2.65. The summed E-state index contributed by atoms with van der Waals surface area (Å²) in [6.45, 7) is 3.96. The summed E-state index contributed by atoms with van der Waals surface area (Å²) in [5, 5.41) is 8.07. The van der Waals surface area contributed by atoms with Gasteiger partial charge in [-0.15, -0.1) is 0 Å². The van der Waals surface area contributed by atoms with Gasteiger partial charge in [-0.05, 0) is 36.4 Å². The summed E-state index contributed by atoms with van der Waals surface area (Å²) < 4.78 is 34.7. The molecule has 1 N–H and O–H groups in total. The first-order valence-electron chi connectivity index (χ1n) is 8.99. The van der Waals surface area contributed by atoms with Crippen molar-refractivity contribution in [2.75, 3.05) is 4.72 Å². The Hall–Kier alpha value is -3.46. The Bertz CT molecular complexity index is 1210. The van der Waals surface area contributed by atoms with E-state index in [9.17, 15) is 8.42 Å². The predicted octanol–water partition coefficient (Wildman–Crippen LogP) is 3.85. The van der Waals surface area contributed by atoms with E-state index >= 15 is 0 Å². The normalized spacial score (nSPS) is 11.7. The van der Waals surface area contributed by atoms with Crippen LogP contribution in [0.15, 0.2) is 76.4 Å². The van der Waals surface area contributed by atoms with Crippen LogP contribution in [0, 0.1) is 0 Å². The van der Waals surface area contributed by atoms with Gasteiger partial charge < -0.3 is 4.52 Å². The molecular formula is C20H19N5O3S. The fraction of sp³-hybridized carbons (Fsp3) is 0.150. The van der Waals surface area contributed by atoms with Crippen LogP contribution >= 0.6 is 0 Å². The van der Waals surface area contributed by atoms with E-state index in [1.165, 1.54) is 17.1 Å². The maximum Gasteiger partial charge on any atom is 0.265 e. The standard InChI is InChI=1S/C20H19N5O3S/c1-14(2)19-22-20(28-23-19)15-8-10-16(11-9-15)24-29(26,27)18-12-21-25(13-18)17-6-4-3-5-7-17/h3-14,24H,1-2H3. The number of anilines is 1. The zero-order valence-corrected chi connectivity index (χ0v) is 16.7. The van der Waals surface area contributed by atoms with E-state index in [1.807, 2.05) is 44.2 Å². The number of rotatable bonds is 6. The summed E-state index contributed by atoms with van der Waals surface area (Å²) >= 11 is 0. The lowest BCUT2D eigenvalue weighted by Gasteiger charge is -2.06. The summed E-state index contributed by atoms with van der Waals surface area (Å²) in [7, 11) is -3.77. The summed E-state index contributed by atoms with van der Waals surface area (Å²) in [6, 6.07) is 16.0. The van der Waals surface area contributed by atoms with Crippen LogP contribution in [0.25, 0.3) is 17.1 Å². The van der Waals surface area contributed by atoms with E-state index < -0.39 is 10.0 Å². The third-order valence-corrected chi connectivity index (χ3v) is 5.57. The van der Waals surface area contributed by atoms with E-state index in [-0.39, 0.29) is 10.8 Å². The molecule has 0 saturated heterocycles. The molecule has 0 bridgehead atoms. The Balaban J connectivity index is 1.52. The number of para-hydroxylation sites is 1. The van der Waals surface area contributed by atoms with Gasteiger partial charge in [0, 0.05) is 17.2 Å². The molecule has 0 spiro atoms. The molecular weight excluding hydrogens is 390 g/mol. The first-order valence-corrected chi connectivity index (χ1v) is 10.5. The van der Waals surface area contributed by atoms with Crippen LogP contribution in [0.3, 0.4) is 0 Å². The second-order valence-electron chi connectivity index (χ2n) is 6.75. The number of nitrogens with one attached hydrogen (secondary N) is 1. The highest BCUT2D eigenvalue weighted by atomic mass is 32.2. The van der Waals surface area contributed by atoms with Gasteiger partial charge in [-0.3, -0.25) is 4.72 Å². The zero-order chi connectivity index (χ0) is 20.4. The second kappa shape index (κ2) is 7.51. The quantitative estimate of drug-likeness (QED) is 0.519. The molecule has 0 aliphatic carbocycles. The number of aromatic nitrogens is 4. The van der Waals surface area contributed by atoms with E-state index in [1.54, 1.807) is 24.3 Å². The third kappa shape index (κ3) is 4.04. The highest BCUT2D eigenvalue weighted by molar-refractivity contribution is 7.92. The highest BCUT2D eigenvalue weighted by Gasteiger charge is 2.18. The fourth-order valence-corrected chi connectivity index (χ4v) is 3.64. The number of hydrogen-bond acceptors (Lipinski definition) is 6. The first kappa shape index (κ1) is 18.9. The SMILES string of the molecule is CC(C)c1noc(-c2ccc(NS(=O)(=O)c3cnn(-c4ccccc4)c3)cc2)n1. The number of nitrogens with zero attached hydrogens (tertiary/aromatic N) is 4. The molecule has 2 aromatic carbocycles. The molecule has 0 saturated carbocycles. The molecule has 2 aromatic heterocycles. The van der Waals surface area contributed by atoms with Crippen LogP contribution in [-0.2, 0) is 10.0 Å². The van der Waals surface area contributed by atoms with Gasteiger partial charge in [-0.1, -0.05) is 37.2 Å². The van der Waals surface area contributed by atoms with Crippen molar-refractivity contribution in [1.29, 1.82) is 0 Å². The lowest BCUT2D eigenvalue weighted by Crippen LogP contribution is -2.12. The van der Waals surface area contributed by atoms with E-state index in [2.05, 4.69) is 20.0 Å². The van der Waals surface area contributed by atoms with Gasteiger partial charge in [0.15, 0.2) is 5.82 Å². The van der Waals surface area contributed by atoms with Crippen molar-refractivity contribution in [2.45, 2.75) is 24.7 Å². The largest absolute Gasteiger partial charge is 0.334 e. The van der Waals surface area contributed by atoms with Gasteiger partial charge in [-0.25, -0.2) is 13.1 Å². The molecule has 0 radical (unpaired) electrons. The van der Waals surface area contributed by atoms with Crippen LogP contribution in [0.2, 0.25) is 0 Å². The average Bonchev–Trinajstić information content (AvgIpc) is 3.40. The van der Waals surface area contributed by atoms with Gasteiger partial charge in [-0.2, -0.15) is 10.1 Å². The minimum atomic E-state index is -3.77. The summed E-state index contributed by atoms with van der Waals surface area (Å²) in [5.74, 6) is 1.18. The molecule has 4 aromatic rings. The monoisotopic (exact) mass is 409 g/mol. The topological polar surface area (TPSA) is 103 Å². The van der Waals surface area contributed by atoms with Crippen molar-refractivity contribution in [3.63, 3.8) is 0 Å². The highest BCUT2D eigenvalue weighted by Crippen LogP contribution is 2.23. The van der Waals surface area contributed by atoms with Crippen molar-refractivity contribution < 1.29 is 12.9 Å². The van der Waals surface area contributed by atoms with Gasteiger partial charge in [0.2, 0.25) is 0 Å². The maximum absolute atomic E-state index is 12.7. The van der Waals surface area contributed by atoms with E-state index in [4.69, 9.17) is 4.52 Å². The second-order valence-corrected chi connectivity index (χ2v) is 8.43. The Kier molecular flexibility index (Phi) is 4.89. The molecule has 9 heteroatoms. The molecule has 2 heterocycles. The Morgan fingerprint density at radius 2 is 1.76 bits per heavy atom. The average molecular weight is 409 g/mol. The molecule has 148 valence electrons. The Morgan fingerprint density at radius 1 is 1.03 bits per heavy atom. The van der Waals surface area contributed by atoms with Gasteiger partial charge in [0.05, 0.1) is 18.1 Å². The molecule has 4 rings (SSSR count). The molecule has 8 nitrogen and oxygen atoms in total. The minimum Gasteiger partial charge on any atom is -0.334 e. The van der Waals surface area contributed by atoms with Gasteiger partial charge in [0.1, 0.15) is 4.90 Å². The molecule has 29 heavy (non-hydrogen) atoms. The molecule has 0 atom stereocenters. The first-order chi connectivity index (χ1) is 13.9. The van der Waals surface area contributed by atoms with Gasteiger partial charge >= 0.3 is 0 Å². The summed E-state index contributed by atoms with van der Waals surface area (Å²) in [4.78, 5) is 4.41. The molecule has 0 fully saturated rings. The van der Waals surface area contributed by atoms with Gasteiger partial charge in [0.25, 0.3) is 15.9 Å². The third-order valence-electron chi connectivity index (χ3n) is 4.23. The van der Waals surface area contributed by atoms with Crippen molar-refractivity contribution in [2.24, 2.45) is 0 Å².